The van der Waals surface area contributed by atoms with Crippen molar-refractivity contribution < 1.29 is 31.4 Å². The molecule has 1 aliphatic rings. The van der Waals surface area contributed by atoms with Crippen LogP contribution in [-0.4, -0.2) is 13.2 Å². The molecule has 0 spiro atoms. The largest absolute Gasteiger partial charge is 0.487 e. The van der Waals surface area contributed by atoms with Gasteiger partial charge < -0.3 is 15.2 Å². The number of ether oxygens (including phenoxy) is 2. The second kappa shape index (κ2) is 9.09. The van der Waals surface area contributed by atoms with Crippen LogP contribution < -0.4 is 10.5 Å². The Morgan fingerprint density at radius 2 is 1.62 bits per heavy atom. The Kier molecular flexibility index (Phi) is 6.74. The van der Waals surface area contributed by atoms with E-state index in [0.717, 1.165) is 24.3 Å². The van der Waals surface area contributed by atoms with Crippen LogP contribution in [0.5, 0.6) is 5.75 Å². The Hall–Kier alpha value is -2.19. The highest BCUT2D eigenvalue weighted by Gasteiger charge is 2.26. The van der Waals surface area contributed by atoms with Crippen LogP contribution in [0.1, 0.15) is 49.5 Å². The first kappa shape index (κ1) is 21.5. The molecule has 3 atom stereocenters. The van der Waals surface area contributed by atoms with Crippen LogP contribution in [0.3, 0.4) is 0 Å². The summed E-state index contributed by atoms with van der Waals surface area (Å²) in [5.74, 6) is -6.34. The average Bonchev–Trinajstić information content (AvgIpc) is 2.70. The number of benzene rings is 2. The van der Waals surface area contributed by atoms with E-state index in [2.05, 4.69) is 0 Å². The quantitative estimate of drug-likeness (QED) is 0.512. The molecule has 0 aliphatic carbocycles. The predicted molar refractivity (Wildman–Crippen MR) is 96.8 cm³/mol. The minimum atomic E-state index is -1.52. The van der Waals surface area contributed by atoms with Crippen LogP contribution in [0, 0.1) is 35.0 Å². The summed E-state index contributed by atoms with van der Waals surface area (Å²) in [6, 6.07) is 3.69. The van der Waals surface area contributed by atoms with Crippen LogP contribution in [0.15, 0.2) is 24.3 Å². The van der Waals surface area contributed by atoms with Crippen molar-refractivity contribution in [3.8, 4) is 5.75 Å². The van der Waals surface area contributed by atoms with Gasteiger partial charge in [0, 0.05) is 12.0 Å². The van der Waals surface area contributed by atoms with Gasteiger partial charge in [-0.25, -0.2) is 22.0 Å². The van der Waals surface area contributed by atoms with Crippen molar-refractivity contribution in [1.29, 1.82) is 0 Å². The topological polar surface area (TPSA) is 44.5 Å². The Morgan fingerprint density at radius 1 is 1.00 bits per heavy atom. The molecule has 0 radical (unpaired) electrons. The van der Waals surface area contributed by atoms with Crippen molar-refractivity contribution in [3.05, 3.63) is 64.5 Å². The lowest BCUT2D eigenvalue weighted by atomic mass is 9.95. The molecule has 2 N–H and O–H groups in total. The van der Waals surface area contributed by atoms with E-state index >= 15 is 0 Å². The number of hydrogen-bond donors (Lipinski definition) is 1. The SMILES string of the molecule is CCC(N)c1cc(F)c(OCC2CCC(c3cc(F)c(F)c(F)c3)OC2)c(F)c1. The Bertz CT molecular complexity index is 822. The van der Waals surface area contributed by atoms with Gasteiger partial charge in [0.1, 0.15) is 0 Å². The molecule has 1 aliphatic heterocycles. The fourth-order valence-electron chi connectivity index (χ4n) is 3.33. The number of halogens is 5. The lowest BCUT2D eigenvalue weighted by Crippen LogP contribution is -2.26. The molecule has 1 heterocycles. The molecule has 3 nitrogen and oxygen atoms in total. The zero-order valence-electron chi connectivity index (χ0n) is 15.9. The van der Waals surface area contributed by atoms with E-state index in [9.17, 15) is 22.0 Å². The summed E-state index contributed by atoms with van der Waals surface area (Å²) in [5, 5.41) is 0. The Labute approximate surface area is 165 Å². The lowest BCUT2D eigenvalue weighted by Gasteiger charge is -2.29. The first-order valence-electron chi connectivity index (χ1n) is 9.43. The van der Waals surface area contributed by atoms with E-state index < -0.39 is 47.0 Å². The van der Waals surface area contributed by atoms with Crippen LogP contribution >= 0.6 is 0 Å². The first-order chi connectivity index (χ1) is 13.8. The summed E-state index contributed by atoms with van der Waals surface area (Å²) >= 11 is 0. The minimum Gasteiger partial charge on any atom is -0.487 e. The molecule has 158 valence electrons. The van der Waals surface area contributed by atoms with E-state index in [1.54, 1.807) is 0 Å². The highest BCUT2D eigenvalue weighted by molar-refractivity contribution is 5.33. The lowest BCUT2D eigenvalue weighted by molar-refractivity contribution is -0.0294. The van der Waals surface area contributed by atoms with E-state index in [1.807, 2.05) is 6.92 Å². The summed E-state index contributed by atoms with van der Waals surface area (Å²) in [6.45, 7) is 2.01. The van der Waals surface area contributed by atoms with E-state index in [1.165, 1.54) is 0 Å². The van der Waals surface area contributed by atoms with Gasteiger partial charge >= 0.3 is 0 Å². The highest BCUT2D eigenvalue weighted by Crippen LogP contribution is 2.33. The molecule has 0 saturated carbocycles. The molecule has 3 unspecified atom stereocenters. The monoisotopic (exact) mass is 415 g/mol. The average molecular weight is 415 g/mol. The standard InChI is InChI=1S/C21H22F5NO2/c1-2-18(27)12-5-16(24)21(17(25)6-12)29-10-11-3-4-19(28-9-11)13-7-14(22)20(26)15(23)8-13/h5-8,11,18-19H,2-4,9-10,27H2,1H3. The molecule has 8 heteroatoms. The number of rotatable bonds is 6. The molecule has 2 aromatic carbocycles. The second-order valence-electron chi connectivity index (χ2n) is 7.20. The van der Waals surface area contributed by atoms with Gasteiger partial charge in [0.05, 0.1) is 19.3 Å². The second-order valence-corrected chi connectivity index (χ2v) is 7.20. The maximum atomic E-state index is 14.2. The molecule has 0 amide bonds. The van der Waals surface area contributed by atoms with Gasteiger partial charge in [-0.15, -0.1) is 0 Å². The van der Waals surface area contributed by atoms with Gasteiger partial charge in [-0.05, 0) is 54.7 Å². The summed E-state index contributed by atoms with van der Waals surface area (Å²) in [6.07, 6.45) is 0.918. The molecule has 29 heavy (non-hydrogen) atoms. The van der Waals surface area contributed by atoms with Crippen molar-refractivity contribution in [3.63, 3.8) is 0 Å². The number of hydrogen-bond acceptors (Lipinski definition) is 3. The van der Waals surface area contributed by atoms with E-state index in [4.69, 9.17) is 15.2 Å². The maximum absolute atomic E-state index is 14.2. The summed E-state index contributed by atoms with van der Waals surface area (Å²) in [4.78, 5) is 0. The van der Waals surface area contributed by atoms with Crippen LogP contribution in [-0.2, 0) is 4.74 Å². The minimum absolute atomic E-state index is 0.0197. The number of nitrogens with two attached hydrogens (primary N) is 1. The maximum Gasteiger partial charge on any atom is 0.194 e. The summed E-state index contributed by atoms with van der Waals surface area (Å²) < 4.78 is 79.2. The smallest absolute Gasteiger partial charge is 0.194 e. The van der Waals surface area contributed by atoms with Gasteiger partial charge in [0.25, 0.3) is 0 Å². The van der Waals surface area contributed by atoms with Gasteiger partial charge in [-0.1, -0.05) is 6.92 Å². The third kappa shape index (κ3) is 4.87. The van der Waals surface area contributed by atoms with Crippen molar-refractivity contribution in [2.45, 2.75) is 38.3 Å². The molecule has 0 bridgehead atoms. The fourth-order valence-corrected chi connectivity index (χ4v) is 3.33. The molecule has 0 aromatic heterocycles. The highest BCUT2D eigenvalue weighted by atomic mass is 19.2. The van der Waals surface area contributed by atoms with Crippen LogP contribution in [0.25, 0.3) is 0 Å². The fraction of sp³-hybridized carbons (Fsp3) is 0.429. The third-order valence-electron chi connectivity index (χ3n) is 5.10. The summed E-state index contributed by atoms with van der Waals surface area (Å²) in [5.41, 5.74) is 6.37. The molecule has 1 saturated heterocycles. The van der Waals surface area contributed by atoms with E-state index in [-0.39, 0.29) is 24.7 Å². The first-order valence-corrected chi connectivity index (χ1v) is 9.43. The van der Waals surface area contributed by atoms with Crippen LogP contribution in [0.2, 0.25) is 0 Å². The third-order valence-corrected chi connectivity index (χ3v) is 5.10. The zero-order chi connectivity index (χ0) is 21.1. The predicted octanol–water partition coefficient (Wildman–Crippen LogP) is 5.34. The Balaban J connectivity index is 1.58. The molecule has 2 aromatic rings. The molecular weight excluding hydrogens is 393 g/mol. The van der Waals surface area contributed by atoms with Crippen molar-refractivity contribution in [1.82, 2.24) is 0 Å². The molecule has 1 fully saturated rings. The molecule has 3 rings (SSSR count). The molecular formula is C21H22F5NO2. The normalized spacial score (nSPS) is 20.5. The Morgan fingerprint density at radius 3 is 2.14 bits per heavy atom. The van der Waals surface area contributed by atoms with Gasteiger partial charge in [0.2, 0.25) is 0 Å². The van der Waals surface area contributed by atoms with Crippen molar-refractivity contribution in [2.75, 3.05) is 13.2 Å². The van der Waals surface area contributed by atoms with Gasteiger partial charge in [0.15, 0.2) is 34.8 Å². The summed E-state index contributed by atoms with van der Waals surface area (Å²) in [7, 11) is 0. The van der Waals surface area contributed by atoms with Crippen molar-refractivity contribution in [2.24, 2.45) is 11.7 Å². The van der Waals surface area contributed by atoms with Crippen LogP contribution in [0.4, 0.5) is 22.0 Å². The van der Waals surface area contributed by atoms with Crippen molar-refractivity contribution >= 4 is 0 Å². The zero-order valence-corrected chi connectivity index (χ0v) is 15.9. The van der Waals surface area contributed by atoms with Gasteiger partial charge in [-0.2, -0.15) is 0 Å². The van der Waals surface area contributed by atoms with Gasteiger partial charge in [-0.3, -0.25) is 0 Å². The van der Waals surface area contributed by atoms with E-state index in [0.29, 0.717) is 24.8 Å².